The van der Waals surface area contributed by atoms with Crippen molar-refractivity contribution in [3.8, 4) is 5.75 Å². The van der Waals surface area contributed by atoms with Crippen molar-refractivity contribution >= 4 is 17.3 Å². The number of amides is 1. The van der Waals surface area contributed by atoms with E-state index in [0.29, 0.717) is 23.2 Å². The van der Waals surface area contributed by atoms with E-state index in [0.717, 1.165) is 5.69 Å². The Hall–Kier alpha value is -2.56. The topological polar surface area (TPSA) is 63.2 Å². The third-order valence-corrected chi connectivity index (χ3v) is 3.30. The molecule has 0 bridgehead atoms. The average molecular weight is 283 g/mol. The van der Waals surface area contributed by atoms with E-state index in [1.54, 1.807) is 31.5 Å². The molecule has 1 heterocycles. The molecule has 0 saturated heterocycles. The minimum absolute atomic E-state index is 0.252. The average Bonchev–Trinajstić information content (AvgIpc) is 3.32. The highest BCUT2D eigenvalue weighted by molar-refractivity contribution is 6.03. The summed E-state index contributed by atoms with van der Waals surface area (Å²) in [5, 5.41) is 6.14. The zero-order valence-corrected chi connectivity index (χ0v) is 11.8. The maximum absolute atomic E-state index is 12.2. The van der Waals surface area contributed by atoms with E-state index in [1.165, 1.54) is 12.8 Å². The van der Waals surface area contributed by atoms with Crippen LogP contribution >= 0.6 is 0 Å². The SMILES string of the molecule is COc1ccccc1NC(=O)c1ccc(NC2CC2)cn1. The van der Waals surface area contributed by atoms with Crippen molar-refractivity contribution in [2.75, 3.05) is 17.7 Å². The monoisotopic (exact) mass is 283 g/mol. The number of anilines is 2. The Morgan fingerprint density at radius 2 is 2.05 bits per heavy atom. The molecule has 1 amide bonds. The van der Waals surface area contributed by atoms with Gasteiger partial charge in [0.2, 0.25) is 0 Å². The van der Waals surface area contributed by atoms with Gasteiger partial charge in [-0.25, -0.2) is 4.98 Å². The molecule has 0 aliphatic heterocycles. The molecular formula is C16H17N3O2. The summed E-state index contributed by atoms with van der Waals surface area (Å²) in [6, 6.07) is 11.4. The second-order valence-electron chi connectivity index (χ2n) is 5.01. The Labute approximate surface area is 123 Å². The lowest BCUT2D eigenvalue weighted by molar-refractivity contribution is 0.102. The molecule has 5 heteroatoms. The van der Waals surface area contributed by atoms with E-state index >= 15 is 0 Å². The van der Waals surface area contributed by atoms with Crippen LogP contribution in [0.1, 0.15) is 23.3 Å². The van der Waals surface area contributed by atoms with Gasteiger partial charge >= 0.3 is 0 Å². The third kappa shape index (κ3) is 3.31. The Morgan fingerprint density at radius 1 is 1.24 bits per heavy atom. The number of carbonyl (C=O) groups excluding carboxylic acids is 1. The number of nitrogens with zero attached hydrogens (tertiary/aromatic N) is 1. The van der Waals surface area contributed by atoms with Crippen LogP contribution in [-0.4, -0.2) is 24.0 Å². The lowest BCUT2D eigenvalue weighted by atomic mass is 10.2. The van der Waals surface area contributed by atoms with Gasteiger partial charge < -0.3 is 15.4 Å². The first-order valence-corrected chi connectivity index (χ1v) is 6.93. The van der Waals surface area contributed by atoms with E-state index in [9.17, 15) is 4.79 Å². The minimum atomic E-state index is -0.252. The lowest BCUT2D eigenvalue weighted by Crippen LogP contribution is -2.14. The first-order chi connectivity index (χ1) is 10.3. The van der Waals surface area contributed by atoms with Crippen LogP contribution in [0.25, 0.3) is 0 Å². The third-order valence-electron chi connectivity index (χ3n) is 3.30. The molecule has 0 spiro atoms. The lowest BCUT2D eigenvalue weighted by Gasteiger charge is -2.10. The largest absolute Gasteiger partial charge is 0.495 e. The molecule has 5 nitrogen and oxygen atoms in total. The summed E-state index contributed by atoms with van der Waals surface area (Å²) in [6.45, 7) is 0. The van der Waals surface area contributed by atoms with Gasteiger partial charge in [0.05, 0.1) is 24.7 Å². The number of pyridine rings is 1. The van der Waals surface area contributed by atoms with Gasteiger partial charge in [-0.1, -0.05) is 12.1 Å². The molecule has 1 saturated carbocycles. The summed E-state index contributed by atoms with van der Waals surface area (Å²) < 4.78 is 5.21. The highest BCUT2D eigenvalue weighted by Gasteiger charge is 2.20. The van der Waals surface area contributed by atoms with Crippen molar-refractivity contribution in [1.82, 2.24) is 4.98 Å². The fraction of sp³-hybridized carbons (Fsp3) is 0.250. The van der Waals surface area contributed by atoms with Crippen molar-refractivity contribution in [2.24, 2.45) is 0 Å². The summed E-state index contributed by atoms with van der Waals surface area (Å²) >= 11 is 0. The van der Waals surface area contributed by atoms with E-state index < -0.39 is 0 Å². The van der Waals surface area contributed by atoms with E-state index in [2.05, 4.69) is 15.6 Å². The molecule has 108 valence electrons. The quantitative estimate of drug-likeness (QED) is 0.885. The number of benzene rings is 1. The molecule has 0 radical (unpaired) electrons. The molecule has 21 heavy (non-hydrogen) atoms. The zero-order chi connectivity index (χ0) is 14.7. The van der Waals surface area contributed by atoms with Gasteiger partial charge in [0, 0.05) is 6.04 Å². The molecule has 1 fully saturated rings. The van der Waals surface area contributed by atoms with Crippen LogP contribution in [0, 0.1) is 0 Å². The number of nitrogens with one attached hydrogen (secondary N) is 2. The zero-order valence-electron chi connectivity index (χ0n) is 11.8. The maximum Gasteiger partial charge on any atom is 0.274 e. The number of para-hydroxylation sites is 2. The Kier molecular flexibility index (Phi) is 3.73. The molecule has 0 atom stereocenters. The van der Waals surface area contributed by atoms with Crippen LogP contribution < -0.4 is 15.4 Å². The van der Waals surface area contributed by atoms with Gasteiger partial charge in [-0.15, -0.1) is 0 Å². The van der Waals surface area contributed by atoms with Gasteiger partial charge in [-0.05, 0) is 37.1 Å². The summed E-state index contributed by atoms with van der Waals surface area (Å²) in [5.74, 6) is 0.371. The van der Waals surface area contributed by atoms with Gasteiger partial charge in [0.15, 0.2) is 0 Å². The van der Waals surface area contributed by atoms with Crippen molar-refractivity contribution < 1.29 is 9.53 Å². The summed E-state index contributed by atoms with van der Waals surface area (Å²) in [6.07, 6.45) is 4.10. The minimum Gasteiger partial charge on any atom is -0.495 e. The van der Waals surface area contributed by atoms with Crippen molar-refractivity contribution in [3.05, 3.63) is 48.3 Å². The molecule has 2 aromatic rings. The molecule has 1 aliphatic rings. The Bertz CT molecular complexity index is 636. The molecule has 1 aromatic heterocycles. The molecular weight excluding hydrogens is 266 g/mol. The smallest absolute Gasteiger partial charge is 0.274 e. The number of hydrogen-bond donors (Lipinski definition) is 2. The molecule has 0 unspecified atom stereocenters. The first-order valence-electron chi connectivity index (χ1n) is 6.93. The molecule has 2 N–H and O–H groups in total. The molecule has 1 aromatic carbocycles. The van der Waals surface area contributed by atoms with E-state index in [-0.39, 0.29) is 5.91 Å². The van der Waals surface area contributed by atoms with Crippen molar-refractivity contribution in [1.29, 1.82) is 0 Å². The van der Waals surface area contributed by atoms with Crippen LogP contribution in [0.15, 0.2) is 42.6 Å². The predicted molar refractivity (Wildman–Crippen MR) is 81.8 cm³/mol. The number of aromatic nitrogens is 1. The maximum atomic E-state index is 12.2. The van der Waals surface area contributed by atoms with Crippen LogP contribution in [-0.2, 0) is 0 Å². The van der Waals surface area contributed by atoms with Crippen LogP contribution in [0.5, 0.6) is 5.75 Å². The van der Waals surface area contributed by atoms with Crippen molar-refractivity contribution in [2.45, 2.75) is 18.9 Å². The fourth-order valence-corrected chi connectivity index (χ4v) is 2.01. The van der Waals surface area contributed by atoms with E-state index in [1.807, 2.05) is 18.2 Å². The second kappa shape index (κ2) is 5.83. The van der Waals surface area contributed by atoms with Gasteiger partial charge in [0.1, 0.15) is 11.4 Å². The molecule has 3 rings (SSSR count). The number of rotatable bonds is 5. The summed E-state index contributed by atoms with van der Waals surface area (Å²) in [7, 11) is 1.57. The standard InChI is InChI=1S/C16H17N3O2/c1-21-15-5-3-2-4-13(15)19-16(20)14-9-8-12(10-17-14)18-11-6-7-11/h2-5,8-11,18H,6-7H2,1H3,(H,19,20). The van der Waals surface area contributed by atoms with Crippen LogP contribution in [0.3, 0.4) is 0 Å². The highest BCUT2D eigenvalue weighted by atomic mass is 16.5. The first kappa shape index (κ1) is 13.4. The van der Waals surface area contributed by atoms with Gasteiger partial charge in [-0.3, -0.25) is 4.79 Å². The second-order valence-corrected chi connectivity index (χ2v) is 5.01. The van der Waals surface area contributed by atoms with Gasteiger partial charge in [0.25, 0.3) is 5.91 Å². The number of methoxy groups -OCH3 is 1. The number of carbonyl (C=O) groups is 1. The predicted octanol–water partition coefficient (Wildman–Crippen LogP) is 2.92. The summed E-state index contributed by atoms with van der Waals surface area (Å²) in [5.41, 5.74) is 1.96. The van der Waals surface area contributed by atoms with Crippen LogP contribution in [0.2, 0.25) is 0 Å². The highest BCUT2D eigenvalue weighted by Crippen LogP contribution is 2.25. The van der Waals surface area contributed by atoms with E-state index in [4.69, 9.17) is 4.74 Å². The Balaban J connectivity index is 1.69. The molecule has 1 aliphatic carbocycles. The number of hydrogen-bond acceptors (Lipinski definition) is 4. The summed E-state index contributed by atoms with van der Waals surface area (Å²) in [4.78, 5) is 16.4. The Morgan fingerprint density at radius 3 is 2.71 bits per heavy atom. The normalized spacial score (nSPS) is 13.6. The fourth-order valence-electron chi connectivity index (χ4n) is 2.01. The number of ether oxygens (including phenoxy) is 1. The van der Waals surface area contributed by atoms with Gasteiger partial charge in [-0.2, -0.15) is 0 Å². The van der Waals surface area contributed by atoms with Crippen molar-refractivity contribution in [3.63, 3.8) is 0 Å². The van der Waals surface area contributed by atoms with Crippen LogP contribution in [0.4, 0.5) is 11.4 Å².